The predicted molar refractivity (Wildman–Crippen MR) is 113 cm³/mol. The monoisotopic (exact) mass is 471 g/mol. The van der Waals surface area contributed by atoms with Gasteiger partial charge in [0, 0.05) is 30.7 Å². The number of benzene rings is 2. The summed E-state index contributed by atoms with van der Waals surface area (Å²) in [5.74, 6) is -2.97. The number of nitrogens with zero attached hydrogens (tertiary/aromatic N) is 4. The van der Waals surface area contributed by atoms with Crippen molar-refractivity contribution in [2.24, 2.45) is 5.92 Å². The minimum Gasteiger partial charge on any atom is -0.307 e. The second kappa shape index (κ2) is 8.15. The maximum atomic E-state index is 14.6. The van der Waals surface area contributed by atoms with Crippen molar-refractivity contribution < 1.29 is 22.4 Å². The van der Waals surface area contributed by atoms with E-state index in [-0.39, 0.29) is 42.8 Å². The Bertz CT molecular complexity index is 1470. The van der Waals surface area contributed by atoms with Gasteiger partial charge >= 0.3 is 6.18 Å². The molecule has 1 aliphatic rings. The minimum atomic E-state index is -4.64. The zero-order valence-corrected chi connectivity index (χ0v) is 17.6. The molecule has 0 amide bonds. The zero-order valence-electron chi connectivity index (χ0n) is 17.6. The Morgan fingerprint density at radius 1 is 1.12 bits per heavy atom. The number of H-pyrrole nitrogens is 1. The Balaban J connectivity index is 1.42. The van der Waals surface area contributed by atoms with Crippen LogP contribution in [0.1, 0.15) is 39.7 Å². The fourth-order valence-electron chi connectivity index (χ4n) is 4.35. The molecule has 0 aliphatic carbocycles. The van der Waals surface area contributed by atoms with Crippen LogP contribution < -0.4 is 5.56 Å². The van der Waals surface area contributed by atoms with Gasteiger partial charge in [-0.15, -0.1) is 10.2 Å². The molecule has 3 heterocycles. The normalized spacial score (nSPS) is 15.9. The molecule has 0 saturated carbocycles. The van der Waals surface area contributed by atoms with E-state index in [1.165, 1.54) is 18.2 Å². The number of alkyl halides is 3. The third kappa shape index (κ3) is 3.87. The summed E-state index contributed by atoms with van der Waals surface area (Å²) >= 11 is 0. The lowest BCUT2D eigenvalue weighted by molar-refractivity contribution is -0.147. The number of aromatic nitrogens is 5. The van der Waals surface area contributed by atoms with E-state index in [4.69, 9.17) is 0 Å². The predicted octanol–water partition coefficient (Wildman–Crippen LogP) is 3.71. The Morgan fingerprint density at radius 3 is 2.65 bits per heavy atom. The molecule has 2 aromatic carbocycles. The minimum absolute atomic E-state index is 0.0531. The highest BCUT2D eigenvalue weighted by atomic mass is 19.4. The van der Waals surface area contributed by atoms with Crippen molar-refractivity contribution in [1.82, 2.24) is 25.0 Å². The molecule has 0 radical (unpaired) electrons. The van der Waals surface area contributed by atoms with Gasteiger partial charge in [0.25, 0.3) is 5.56 Å². The van der Waals surface area contributed by atoms with Gasteiger partial charge in [0.2, 0.25) is 5.82 Å². The van der Waals surface area contributed by atoms with E-state index in [9.17, 15) is 27.2 Å². The largest absolute Gasteiger partial charge is 0.451 e. The summed E-state index contributed by atoms with van der Waals surface area (Å²) < 4.78 is 54.8. The van der Waals surface area contributed by atoms with E-state index < -0.39 is 29.5 Å². The average molecular weight is 471 g/mol. The standard InChI is InChI=1S/C23H17F4N5O2/c24-17-6-5-12(10-18-14-3-1-2-4-15(14)21(34)30-28-18)9-16(17)20(33)13-7-8-32-19(11-13)29-31-22(32)23(25,26)27/h1-6,9,13H,7-8,10-11H2,(H,30,34). The number of rotatable bonds is 4. The number of aromatic amines is 1. The van der Waals surface area contributed by atoms with Crippen LogP contribution in [0.25, 0.3) is 10.8 Å². The van der Waals surface area contributed by atoms with Gasteiger partial charge in [0.05, 0.1) is 16.6 Å². The molecule has 5 rings (SSSR count). The van der Waals surface area contributed by atoms with Crippen LogP contribution in [0.5, 0.6) is 0 Å². The van der Waals surface area contributed by atoms with E-state index in [0.717, 1.165) is 4.57 Å². The molecular formula is C23H17F4N5O2. The lowest BCUT2D eigenvalue weighted by Gasteiger charge is -2.23. The third-order valence-electron chi connectivity index (χ3n) is 6.02. The molecule has 0 saturated heterocycles. The molecule has 1 unspecified atom stereocenters. The second-order valence-electron chi connectivity index (χ2n) is 8.18. The summed E-state index contributed by atoms with van der Waals surface area (Å²) in [5, 5.41) is 14.5. The van der Waals surface area contributed by atoms with E-state index in [1.54, 1.807) is 24.3 Å². The molecule has 11 heteroatoms. The number of hydrogen-bond acceptors (Lipinski definition) is 5. The molecule has 0 fully saturated rings. The van der Waals surface area contributed by atoms with E-state index in [2.05, 4.69) is 20.4 Å². The van der Waals surface area contributed by atoms with Gasteiger partial charge in [0.1, 0.15) is 11.6 Å². The van der Waals surface area contributed by atoms with Gasteiger partial charge in [0.15, 0.2) is 5.78 Å². The van der Waals surface area contributed by atoms with Crippen molar-refractivity contribution in [2.45, 2.75) is 32.0 Å². The Kier molecular flexibility index (Phi) is 5.26. The number of nitrogens with one attached hydrogen (secondary N) is 1. The van der Waals surface area contributed by atoms with Gasteiger partial charge < -0.3 is 4.57 Å². The highest BCUT2D eigenvalue weighted by Gasteiger charge is 2.40. The first kappa shape index (κ1) is 21.9. The van der Waals surface area contributed by atoms with E-state index in [1.807, 2.05) is 0 Å². The molecule has 1 aliphatic heterocycles. The maximum absolute atomic E-state index is 14.6. The van der Waals surface area contributed by atoms with Crippen molar-refractivity contribution in [3.8, 4) is 0 Å². The number of halogens is 4. The van der Waals surface area contributed by atoms with Crippen LogP contribution in [0.4, 0.5) is 17.6 Å². The first-order valence-corrected chi connectivity index (χ1v) is 10.5. The quantitative estimate of drug-likeness (QED) is 0.362. The molecule has 2 aromatic heterocycles. The number of ketones is 1. The van der Waals surface area contributed by atoms with Crippen molar-refractivity contribution in [2.75, 3.05) is 0 Å². The molecular weight excluding hydrogens is 454 g/mol. The Labute approximate surface area is 189 Å². The van der Waals surface area contributed by atoms with Crippen LogP contribution in [-0.4, -0.2) is 30.7 Å². The molecule has 7 nitrogen and oxygen atoms in total. The summed E-state index contributed by atoms with van der Waals surface area (Å²) in [5.41, 5.74) is 0.701. The van der Waals surface area contributed by atoms with E-state index >= 15 is 0 Å². The molecule has 0 bridgehead atoms. The molecule has 1 atom stereocenters. The summed E-state index contributed by atoms with van der Waals surface area (Å²) in [6.45, 7) is -0.0812. The smallest absolute Gasteiger partial charge is 0.307 e. The topological polar surface area (TPSA) is 93.5 Å². The van der Waals surface area contributed by atoms with Crippen LogP contribution in [0.3, 0.4) is 0 Å². The number of carbonyl (C=O) groups excluding carboxylic acids is 1. The SMILES string of the molecule is O=C(c1cc(Cc2n[nH]c(=O)c3ccccc23)ccc1F)C1CCn2c(nnc2C(F)(F)F)C1. The highest BCUT2D eigenvalue weighted by molar-refractivity contribution is 5.98. The lowest BCUT2D eigenvalue weighted by Crippen LogP contribution is -2.29. The second-order valence-corrected chi connectivity index (χ2v) is 8.18. The van der Waals surface area contributed by atoms with Gasteiger partial charge in [-0.05, 0) is 30.2 Å². The van der Waals surface area contributed by atoms with Gasteiger partial charge in [-0.1, -0.05) is 24.3 Å². The summed E-state index contributed by atoms with van der Waals surface area (Å²) in [6, 6.07) is 11.1. The molecule has 4 aromatic rings. The average Bonchev–Trinajstić information content (AvgIpc) is 3.26. The molecule has 34 heavy (non-hydrogen) atoms. The van der Waals surface area contributed by atoms with Gasteiger partial charge in [-0.3, -0.25) is 9.59 Å². The fraction of sp³-hybridized carbons (Fsp3) is 0.261. The first-order valence-electron chi connectivity index (χ1n) is 10.5. The molecule has 1 N–H and O–H groups in total. The van der Waals surface area contributed by atoms with Crippen LogP contribution in [0.15, 0.2) is 47.3 Å². The van der Waals surface area contributed by atoms with Gasteiger partial charge in [-0.2, -0.15) is 18.3 Å². The number of Topliss-reactive ketones (excluding diaryl/α,β-unsaturated/α-hetero) is 1. The van der Waals surface area contributed by atoms with Crippen LogP contribution in [-0.2, 0) is 25.6 Å². The van der Waals surface area contributed by atoms with Crippen LogP contribution in [0, 0.1) is 11.7 Å². The van der Waals surface area contributed by atoms with E-state index in [0.29, 0.717) is 22.0 Å². The highest BCUT2D eigenvalue weighted by Crippen LogP contribution is 2.32. The molecule has 174 valence electrons. The van der Waals surface area contributed by atoms with Crippen LogP contribution >= 0.6 is 0 Å². The summed E-state index contributed by atoms with van der Waals surface area (Å²) in [6.07, 6.45) is -4.34. The lowest BCUT2D eigenvalue weighted by atomic mass is 9.88. The third-order valence-corrected chi connectivity index (χ3v) is 6.02. The van der Waals surface area contributed by atoms with Crippen molar-refractivity contribution in [3.05, 3.63) is 87.1 Å². The van der Waals surface area contributed by atoms with Gasteiger partial charge in [-0.25, -0.2) is 9.49 Å². The zero-order chi connectivity index (χ0) is 24.0. The number of hydrogen-bond donors (Lipinski definition) is 1. The number of fused-ring (bicyclic) bond motifs is 2. The first-order chi connectivity index (χ1) is 16.2. The van der Waals surface area contributed by atoms with Crippen molar-refractivity contribution in [1.29, 1.82) is 0 Å². The fourth-order valence-corrected chi connectivity index (χ4v) is 4.35. The van der Waals surface area contributed by atoms with Crippen LogP contribution in [0.2, 0.25) is 0 Å². The summed E-state index contributed by atoms with van der Waals surface area (Å²) in [7, 11) is 0. The van der Waals surface area contributed by atoms with Crippen molar-refractivity contribution >= 4 is 16.6 Å². The maximum Gasteiger partial charge on any atom is 0.451 e. The summed E-state index contributed by atoms with van der Waals surface area (Å²) in [4.78, 5) is 25.1. The molecule has 0 spiro atoms. The Morgan fingerprint density at radius 2 is 1.88 bits per heavy atom. The number of carbonyl (C=O) groups is 1. The Hall–Kier alpha value is -3.89. The van der Waals surface area contributed by atoms with Crippen molar-refractivity contribution in [3.63, 3.8) is 0 Å².